The summed E-state index contributed by atoms with van der Waals surface area (Å²) in [5.74, 6) is 0. The molecule has 0 unspecified atom stereocenters. The molecule has 90 valence electrons. The van der Waals surface area contributed by atoms with Crippen molar-refractivity contribution in [3.63, 3.8) is 0 Å². The summed E-state index contributed by atoms with van der Waals surface area (Å²) in [4.78, 5) is 2.38. The van der Waals surface area contributed by atoms with Gasteiger partial charge in [0.15, 0.2) is 0 Å². The highest BCUT2D eigenvalue weighted by molar-refractivity contribution is 5.89. The van der Waals surface area contributed by atoms with Crippen LogP contribution in [0.5, 0.6) is 0 Å². The van der Waals surface area contributed by atoms with Crippen LogP contribution in [-0.4, -0.2) is 41.3 Å². The van der Waals surface area contributed by atoms with Gasteiger partial charge in [-0.3, -0.25) is 5.10 Å². The fourth-order valence-corrected chi connectivity index (χ4v) is 2.46. The van der Waals surface area contributed by atoms with Gasteiger partial charge in [-0.15, -0.1) is 0 Å². The molecule has 2 aromatic rings. The number of rotatable bonds is 2. The van der Waals surface area contributed by atoms with Crippen LogP contribution in [0.2, 0.25) is 0 Å². The Morgan fingerprint density at radius 3 is 3.00 bits per heavy atom. The average molecular weight is 230 g/mol. The molecular weight excluding hydrogens is 212 g/mol. The van der Waals surface area contributed by atoms with E-state index in [1.54, 1.807) is 0 Å². The minimum Gasteiger partial charge on any atom is -0.380 e. The molecule has 1 aromatic carbocycles. The second-order valence-corrected chi connectivity index (χ2v) is 4.86. The van der Waals surface area contributed by atoms with E-state index in [2.05, 4.69) is 45.7 Å². The normalized spacial score (nSPS) is 18.6. The van der Waals surface area contributed by atoms with Crippen molar-refractivity contribution in [1.29, 1.82) is 0 Å². The molecule has 0 aliphatic carbocycles. The Labute approximate surface area is 101 Å². The summed E-state index contributed by atoms with van der Waals surface area (Å²) in [7, 11) is 2.19. The molecular formula is C13H18N4. The SMILES string of the molecule is CN1CCC(Nc2cccc3cn[nH]c23)CC1. The van der Waals surface area contributed by atoms with Gasteiger partial charge >= 0.3 is 0 Å². The first-order valence-electron chi connectivity index (χ1n) is 6.20. The molecule has 1 aliphatic rings. The van der Waals surface area contributed by atoms with Crippen LogP contribution in [0.1, 0.15) is 12.8 Å². The van der Waals surface area contributed by atoms with Gasteiger partial charge in [-0.2, -0.15) is 5.10 Å². The fourth-order valence-electron chi connectivity index (χ4n) is 2.46. The van der Waals surface area contributed by atoms with Gasteiger partial charge in [0.2, 0.25) is 0 Å². The van der Waals surface area contributed by atoms with Gasteiger partial charge in [-0.25, -0.2) is 0 Å². The van der Waals surface area contributed by atoms with E-state index in [-0.39, 0.29) is 0 Å². The van der Waals surface area contributed by atoms with E-state index in [0.717, 1.165) is 5.52 Å². The maximum Gasteiger partial charge on any atom is 0.0881 e. The average Bonchev–Trinajstić information content (AvgIpc) is 2.81. The zero-order valence-corrected chi connectivity index (χ0v) is 10.1. The number of nitrogens with one attached hydrogen (secondary N) is 2. The number of H-pyrrole nitrogens is 1. The van der Waals surface area contributed by atoms with Crippen molar-refractivity contribution in [2.75, 3.05) is 25.5 Å². The topological polar surface area (TPSA) is 44.0 Å². The number of aromatic nitrogens is 2. The third-order valence-corrected chi connectivity index (χ3v) is 3.55. The number of fused-ring (bicyclic) bond motifs is 1. The predicted octanol–water partition coefficient (Wildman–Crippen LogP) is 2.07. The summed E-state index contributed by atoms with van der Waals surface area (Å²) in [6, 6.07) is 6.87. The summed E-state index contributed by atoms with van der Waals surface area (Å²) >= 11 is 0. The maximum atomic E-state index is 4.09. The van der Waals surface area contributed by atoms with Crippen LogP contribution in [0, 0.1) is 0 Å². The van der Waals surface area contributed by atoms with Crippen molar-refractivity contribution in [3.05, 3.63) is 24.4 Å². The van der Waals surface area contributed by atoms with Gasteiger partial charge in [-0.05, 0) is 39.0 Å². The first kappa shape index (κ1) is 10.6. The minimum atomic E-state index is 0.583. The number of likely N-dealkylation sites (tertiary alicyclic amines) is 1. The lowest BCUT2D eigenvalue weighted by Crippen LogP contribution is -2.36. The molecule has 1 aliphatic heterocycles. The first-order valence-corrected chi connectivity index (χ1v) is 6.20. The van der Waals surface area contributed by atoms with Crippen LogP contribution in [0.4, 0.5) is 5.69 Å². The van der Waals surface area contributed by atoms with Crippen LogP contribution in [0.25, 0.3) is 10.9 Å². The molecule has 0 radical (unpaired) electrons. The van der Waals surface area contributed by atoms with Crippen LogP contribution >= 0.6 is 0 Å². The summed E-state index contributed by atoms with van der Waals surface area (Å²) in [5, 5.41) is 12.0. The monoisotopic (exact) mass is 230 g/mol. The molecule has 0 spiro atoms. The van der Waals surface area contributed by atoms with Crippen molar-refractivity contribution in [2.24, 2.45) is 0 Å². The molecule has 2 heterocycles. The molecule has 0 atom stereocenters. The summed E-state index contributed by atoms with van der Waals surface area (Å²) < 4.78 is 0. The molecule has 2 N–H and O–H groups in total. The number of hydrogen-bond donors (Lipinski definition) is 2. The van der Waals surface area contributed by atoms with E-state index in [0.29, 0.717) is 6.04 Å². The van der Waals surface area contributed by atoms with E-state index < -0.39 is 0 Å². The number of benzene rings is 1. The van der Waals surface area contributed by atoms with Crippen molar-refractivity contribution < 1.29 is 0 Å². The molecule has 1 saturated heterocycles. The highest BCUT2D eigenvalue weighted by Gasteiger charge is 2.17. The minimum absolute atomic E-state index is 0.583. The number of piperidine rings is 1. The molecule has 17 heavy (non-hydrogen) atoms. The van der Waals surface area contributed by atoms with Crippen molar-refractivity contribution in [3.8, 4) is 0 Å². The summed E-state index contributed by atoms with van der Waals surface area (Å²) in [5.41, 5.74) is 2.29. The Bertz CT molecular complexity index is 497. The van der Waals surface area contributed by atoms with E-state index in [1.807, 2.05) is 6.20 Å². The van der Waals surface area contributed by atoms with E-state index in [1.165, 1.54) is 37.0 Å². The van der Waals surface area contributed by atoms with E-state index >= 15 is 0 Å². The Hall–Kier alpha value is -1.55. The Kier molecular flexibility index (Phi) is 2.73. The van der Waals surface area contributed by atoms with Crippen LogP contribution in [0.15, 0.2) is 24.4 Å². The van der Waals surface area contributed by atoms with Crippen molar-refractivity contribution in [1.82, 2.24) is 15.1 Å². The lowest BCUT2D eigenvalue weighted by Gasteiger charge is -2.30. The lowest BCUT2D eigenvalue weighted by atomic mass is 10.0. The molecule has 3 rings (SSSR count). The van der Waals surface area contributed by atoms with Gasteiger partial charge in [0.05, 0.1) is 17.4 Å². The molecule has 0 bridgehead atoms. The molecule has 1 fully saturated rings. The highest BCUT2D eigenvalue weighted by Crippen LogP contribution is 2.23. The van der Waals surface area contributed by atoms with Gasteiger partial charge in [-0.1, -0.05) is 12.1 Å². The van der Waals surface area contributed by atoms with Crippen LogP contribution < -0.4 is 5.32 Å². The van der Waals surface area contributed by atoms with Crippen molar-refractivity contribution >= 4 is 16.6 Å². The quantitative estimate of drug-likeness (QED) is 0.830. The predicted molar refractivity (Wildman–Crippen MR) is 70.2 cm³/mol. The number of hydrogen-bond acceptors (Lipinski definition) is 3. The second kappa shape index (κ2) is 4.37. The Morgan fingerprint density at radius 1 is 1.35 bits per heavy atom. The zero-order chi connectivity index (χ0) is 11.7. The zero-order valence-electron chi connectivity index (χ0n) is 10.1. The maximum absolute atomic E-state index is 4.09. The van der Waals surface area contributed by atoms with Crippen LogP contribution in [-0.2, 0) is 0 Å². The molecule has 1 aromatic heterocycles. The highest BCUT2D eigenvalue weighted by atomic mass is 15.1. The first-order chi connectivity index (χ1) is 8.33. The van der Waals surface area contributed by atoms with Gasteiger partial charge in [0, 0.05) is 11.4 Å². The van der Waals surface area contributed by atoms with E-state index in [9.17, 15) is 0 Å². The third kappa shape index (κ3) is 2.13. The third-order valence-electron chi connectivity index (χ3n) is 3.55. The standard InChI is InChI=1S/C13H18N4/c1-17-7-5-11(6-8-17)15-12-4-2-3-10-9-14-16-13(10)12/h2-4,9,11,15H,5-8H2,1H3,(H,14,16). The number of anilines is 1. The van der Waals surface area contributed by atoms with Gasteiger partial charge in [0.25, 0.3) is 0 Å². The largest absolute Gasteiger partial charge is 0.380 e. The molecule has 4 nitrogen and oxygen atoms in total. The summed E-state index contributed by atoms with van der Waals surface area (Å²) in [6.45, 7) is 2.35. The Morgan fingerprint density at radius 2 is 2.18 bits per heavy atom. The molecule has 0 amide bonds. The fraction of sp³-hybridized carbons (Fsp3) is 0.462. The van der Waals surface area contributed by atoms with Crippen molar-refractivity contribution in [2.45, 2.75) is 18.9 Å². The number of nitrogens with zero attached hydrogens (tertiary/aromatic N) is 2. The molecule has 4 heteroatoms. The smallest absolute Gasteiger partial charge is 0.0881 e. The lowest BCUT2D eigenvalue weighted by molar-refractivity contribution is 0.264. The summed E-state index contributed by atoms with van der Waals surface area (Å²) in [6.07, 6.45) is 4.29. The number of aromatic amines is 1. The van der Waals surface area contributed by atoms with Gasteiger partial charge < -0.3 is 10.2 Å². The van der Waals surface area contributed by atoms with Gasteiger partial charge in [0.1, 0.15) is 0 Å². The molecule has 0 saturated carbocycles. The Balaban J connectivity index is 1.78. The second-order valence-electron chi connectivity index (χ2n) is 4.86. The number of para-hydroxylation sites is 1. The van der Waals surface area contributed by atoms with Crippen LogP contribution in [0.3, 0.4) is 0 Å². The van der Waals surface area contributed by atoms with E-state index in [4.69, 9.17) is 0 Å².